The molecule has 2 aromatic heterocycles. The Hall–Kier alpha value is -3.12. The average Bonchev–Trinajstić information content (AvgIpc) is 3.38. The number of rotatable bonds is 5. The first-order chi connectivity index (χ1) is 16.6. The molecule has 0 spiro atoms. The molecule has 2 amide bonds. The fourth-order valence-electron chi connectivity index (χ4n) is 5.15. The molecule has 2 aliphatic carbocycles. The number of fused-ring (bicyclic) bond motifs is 1. The minimum absolute atomic E-state index is 0.127. The van der Waals surface area contributed by atoms with Gasteiger partial charge in [0.25, 0.3) is 11.8 Å². The molecule has 8 nitrogen and oxygen atoms in total. The first-order valence-electron chi connectivity index (χ1n) is 11.4. The highest BCUT2D eigenvalue weighted by Gasteiger charge is 2.63. The molecule has 2 aromatic rings. The Kier molecular flexibility index (Phi) is 5.75. The number of nitrogens with one attached hydrogen (secondary N) is 1. The Balaban J connectivity index is 1.35. The molecule has 0 aromatic carbocycles. The minimum Gasteiger partial charge on any atom is -0.415 e. The third-order valence-electron chi connectivity index (χ3n) is 7.29. The molecule has 3 aliphatic rings. The van der Waals surface area contributed by atoms with E-state index in [4.69, 9.17) is 4.42 Å². The van der Waals surface area contributed by atoms with Crippen LogP contribution >= 0.6 is 0 Å². The normalized spacial score (nSPS) is 23.8. The van der Waals surface area contributed by atoms with Gasteiger partial charge < -0.3 is 14.6 Å². The molecule has 188 valence electrons. The maximum atomic E-state index is 13.6. The van der Waals surface area contributed by atoms with Crippen molar-refractivity contribution < 1.29 is 36.0 Å². The van der Waals surface area contributed by atoms with Crippen molar-refractivity contribution in [2.24, 2.45) is 5.41 Å². The number of nitrogens with zero attached hydrogens (tertiary/aromatic N) is 4. The van der Waals surface area contributed by atoms with Crippen molar-refractivity contribution in [2.75, 3.05) is 0 Å². The quantitative estimate of drug-likeness (QED) is 0.620. The van der Waals surface area contributed by atoms with Crippen molar-refractivity contribution in [1.29, 1.82) is 0 Å². The standard InChI is InChI=1S/C22H22F5N5O3/c23-16(24)18-31-30-17(35-18)11-8-12-14(28-9-11)10-32(19(12)33)15-5-2-1-4-13(15)29-20(34)21(6-3-7-21)22(25,26)27/h8-9,13,15-16H,1-7,10H2,(H,29,34)/t13-,15?/m1/s1. The average molecular weight is 499 g/mol. The van der Waals surface area contributed by atoms with Gasteiger partial charge in [-0.05, 0) is 31.7 Å². The molecule has 2 atom stereocenters. The van der Waals surface area contributed by atoms with Crippen molar-refractivity contribution in [2.45, 2.75) is 76.2 Å². The molecular formula is C22H22F5N5O3. The number of carbonyl (C=O) groups is 2. The second kappa shape index (κ2) is 8.52. The van der Waals surface area contributed by atoms with Gasteiger partial charge in [-0.2, -0.15) is 22.0 Å². The fraction of sp³-hybridized carbons (Fsp3) is 0.591. The van der Waals surface area contributed by atoms with Crippen molar-refractivity contribution >= 4 is 11.8 Å². The van der Waals surface area contributed by atoms with Gasteiger partial charge in [-0.25, -0.2) is 0 Å². The van der Waals surface area contributed by atoms with Crippen LogP contribution in [0.3, 0.4) is 0 Å². The summed E-state index contributed by atoms with van der Waals surface area (Å²) in [4.78, 5) is 31.8. The van der Waals surface area contributed by atoms with E-state index in [1.165, 1.54) is 17.2 Å². The zero-order valence-electron chi connectivity index (χ0n) is 18.4. The lowest BCUT2D eigenvalue weighted by molar-refractivity contribution is -0.243. The summed E-state index contributed by atoms with van der Waals surface area (Å²) in [5.74, 6) is -2.48. The van der Waals surface area contributed by atoms with Crippen LogP contribution in [0.15, 0.2) is 16.7 Å². The minimum atomic E-state index is -4.63. The number of halogens is 5. The topological polar surface area (TPSA) is 101 Å². The molecule has 2 fully saturated rings. The summed E-state index contributed by atoms with van der Waals surface area (Å²) in [5, 5.41) is 9.45. The van der Waals surface area contributed by atoms with E-state index in [1.54, 1.807) is 0 Å². The van der Waals surface area contributed by atoms with E-state index in [-0.39, 0.29) is 36.4 Å². The predicted molar refractivity (Wildman–Crippen MR) is 109 cm³/mol. The molecular weight excluding hydrogens is 477 g/mol. The Labute approximate surface area is 196 Å². The van der Waals surface area contributed by atoms with Gasteiger partial charge in [0.15, 0.2) is 0 Å². The number of carbonyl (C=O) groups excluding carboxylic acids is 2. The smallest absolute Gasteiger partial charge is 0.403 e. The highest BCUT2D eigenvalue weighted by atomic mass is 19.4. The molecule has 35 heavy (non-hydrogen) atoms. The van der Waals surface area contributed by atoms with E-state index in [9.17, 15) is 31.5 Å². The van der Waals surface area contributed by atoms with E-state index in [2.05, 4.69) is 20.5 Å². The highest BCUT2D eigenvalue weighted by molar-refractivity contribution is 5.99. The largest absolute Gasteiger partial charge is 0.415 e. The lowest BCUT2D eigenvalue weighted by Gasteiger charge is -2.44. The van der Waals surface area contributed by atoms with Crippen LogP contribution in [-0.4, -0.2) is 50.2 Å². The number of amides is 2. The van der Waals surface area contributed by atoms with Crippen LogP contribution in [-0.2, 0) is 11.3 Å². The van der Waals surface area contributed by atoms with Gasteiger partial charge >= 0.3 is 12.6 Å². The summed E-state index contributed by atoms with van der Waals surface area (Å²) >= 11 is 0. The summed E-state index contributed by atoms with van der Waals surface area (Å²) in [6.07, 6.45) is -3.88. The Morgan fingerprint density at radius 1 is 1.17 bits per heavy atom. The third kappa shape index (κ3) is 3.94. The summed E-state index contributed by atoms with van der Waals surface area (Å²) in [6, 6.07) is 0.326. The molecule has 3 heterocycles. The molecule has 0 saturated heterocycles. The molecule has 0 radical (unpaired) electrons. The predicted octanol–water partition coefficient (Wildman–Crippen LogP) is 4.19. The van der Waals surface area contributed by atoms with Gasteiger partial charge in [0.2, 0.25) is 11.8 Å². The van der Waals surface area contributed by atoms with Gasteiger partial charge in [-0.15, -0.1) is 10.2 Å². The second-order valence-corrected chi connectivity index (χ2v) is 9.26. The summed E-state index contributed by atoms with van der Waals surface area (Å²) < 4.78 is 71.3. The lowest BCUT2D eigenvalue weighted by atomic mass is 9.67. The van der Waals surface area contributed by atoms with Crippen LogP contribution in [0.4, 0.5) is 22.0 Å². The molecule has 1 N–H and O–H groups in total. The number of alkyl halides is 5. The number of hydrogen-bond acceptors (Lipinski definition) is 6. The van der Waals surface area contributed by atoms with Crippen molar-refractivity contribution in [3.8, 4) is 11.5 Å². The van der Waals surface area contributed by atoms with E-state index in [0.717, 1.165) is 12.8 Å². The summed E-state index contributed by atoms with van der Waals surface area (Å²) in [7, 11) is 0. The molecule has 2 saturated carbocycles. The molecule has 1 aliphatic heterocycles. The number of hydrogen-bond donors (Lipinski definition) is 1. The van der Waals surface area contributed by atoms with Gasteiger partial charge in [-0.3, -0.25) is 14.6 Å². The molecule has 5 rings (SSSR count). The highest BCUT2D eigenvalue weighted by Crippen LogP contribution is 2.53. The van der Waals surface area contributed by atoms with E-state index in [0.29, 0.717) is 25.0 Å². The maximum absolute atomic E-state index is 13.6. The number of pyridine rings is 1. The van der Waals surface area contributed by atoms with Gasteiger partial charge in [0.05, 0.1) is 29.4 Å². The zero-order chi connectivity index (χ0) is 25.0. The Morgan fingerprint density at radius 2 is 1.91 bits per heavy atom. The van der Waals surface area contributed by atoms with Crippen LogP contribution in [0.25, 0.3) is 11.5 Å². The van der Waals surface area contributed by atoms with Crippen molar-refractivity contribution in [3.63, 3.8) is 0 Å². The van der Waals surface area contributed by atoms with Crippen LogP contribution < -0.4 is 5.32 Å². The summed E-state index contributed by atoms with van der Waals surface area (Å²) in [5.41, 5.74) is -1.50. The Bertz CT molecular complexity index is 1150. The number of aromatic nitrogens is 3. The maximum Gasteiger partial charge on any atom is 0.403 e. The first kappa shape index (κ1) is 23.6. The van der Waals surface area contributed by atoms with Gasteiger partial charge in [-0.1, -0.05) is 19.3 Å². The van der Waals surface area contributed by atoms with Gasteiger partial charge in [0.1, 0.15) is 5.41 Å². The van der Waals surface area contributed by atoms with Gasteiger partial charge in [0, 0.05) is 12.2 Å². The van der Waals surface area contributed by atoms with Crippen molar-refractivity contribution in [1.82, 2.24) is 25.4 Å². The van der Waals surface area contributed by atoms with Crippen LogP contribution in [0, 0.1) is 5.41 Å². The Morgan fingerprint density at radius 3 is 2.54 bits per heavy atom. The fourth-order valence-corrected chi connectivity index (χ4v) is 5.15. The third-order valence-corrected chi connectivity index (χ3v) is 7.29. The second-order valence-electron chi connectivity index (χ2n) is 9.26. The molecule has 1 unspecified atom stereocenters. The first-order valence-corrected chi connectivity index (χ1v) is 11.4. The van der Waals surface area contributed by atoms with Crippen LogP contribution in [0.2, 0.25) is 0 Å². The monoisotopic (exact) mass is 499 g/mol. The molecule has 13 heteroatoms. The van der Waals surface area contributed by atoms with Crippen LogP contribution in [0.1, 0.15) is 73.3 Å². The SMILES string of the molecule is O=C1c2cc(-c3nnc(C(F)F)o3)cnc2CN1C1CCCC[C@H]1NC(=O)C1(C(F)(F)F)CCC1. The molecule has 0 bridgehead atoms. The van der Waals surface area contributed by atoms with E-state index < -0.39 is 47.8 Å². The lowest BCUT2D eigenvalue weighted by Crippen LogP contribution is -2.60. The van der Waals surface area contributed by atoms with Crippen LogP contribution in [0.5, 0.6) is 0 Å². The summed E-state index contributed by atoms with van der Waals surface area (Å²) in [6.45, 7) is 0.127. The van der Waals surface area contributed by atoms with E-state index in [1.807, 2.05) is 0 Å². The van der Waals surface area contributed by atoms with E-state index >= 15 is 0 Å². The zero-order valence-corrected chi connectivity index (χ0v) is 18.4. The van der Waals surface area contributed by atoms with Crippen molar-refractivity contribution in [3.05, 3.63) is 29.4 Å².